The van der Waals surface area contributed by atoms with Gasteiger partial charge in [-0.2, -0.15) is 0 Å². The standard InChI is InChI=1S/C6H6O3S.K.H/c1-5(7)8-9-6-3-2-4-10-6;;/h2-4H,1H3;;/q;+1;-1. The average Bonchev–Trinajstić information content (AvgIpc) is 2.34. The maximum absolute atomic E-state index is 10.2. The van der Waals surface area contributed by atoms with Crippen molar-refractivity contribution in [3.63, 3.8) is 0 Å². The minimum atomic E-state index is -0.451. The average molecular weight is 198 g/mol. The van der Waals surface area contributed by atoms with Gasteiger partial charge in [0.05, 0.1) is 0 Å². The van der Waals surface area contributed by atoms with Crippen LogP contribution in [-0.2, 0) is 9.68 Å². The van der Waals surface area contributed by atoms with Gasteiger partial charge in [0, 0.05) is 6.92 Å². The summed E-state index contributed by atoms with van der Waals surface area (Å²) in [5.74, 6) is -0.451. The second-order valence-corrected chi connectivity index (χ2v) is 2.50. The van der Waals surface area contributed by atoms with Crippen molar-refractivity contribution in [3.05, 3.63) is 17.5 Å². The van der Waals surface area contributed by atoms with Gasteiger partial charge in [0.15, 0.2) is 0 Å². The number of thiophene rings is 1. The Morgan fingerprint density at radius 3 is 2.91 bits per heavy atom. The summed E-state index contributed by atoms with van der Waals surface area (Å²) in [7, 11) is 0. The van der Waals surface area contributed by atoms with Crippen LogP contribution in [0.4, 0.5) is 0 Å². The van der Waals surface area contributed by atoms with E-state index < -0.39 is 5.97 Å². The second-order valence-electron chi connectivity index (χ2n) is 1.59. The Morgan fingerprint density at radius 2 is 2.45 bits per heavy atom. The maximum Gasteiger partial charge on any atom is 1.00 e. The van der Waals surface area contributed by atoms with Crippen molar-refractivity contribution in [1.29, 1.82) is 0 Å². The summed E-state index contributed by atoms with van der Waals surface area (Å²) < 4.78 is 0. The van der Waals surface area contributed by atoms with E-state index in [1.54, 1.807) is 6.07 Å². The van der Waals surface area contributed by atoms with Gasteiger partial charge in [-0.15, -0.1) is 11.3 Å². The zero-order valence-electron chi connectivity index (χ0n) is 7.37. The fraction of sp³-hybridized carbons (Fsp3) is 0.167. The molecule has 1 rings (SSSR count). The Balaban J connectivity index is 0. The first-order chi connectivity index (χ1) is 4.79. The van der Waals surface area contributed by atoms with Crippen LogP contribution in [0.15, 0.2) is 17.5 Å². The molecule has 0 radical (unpaired) electrons. The number of hydrogen-bond acceptors (Lipinski definition) is 4. The summed E-state index contributed by atoms with van der Waals surface area (Å²) in [6.07, 6.45) is 0. The molecule has 1 aromatic rings. The zero-order valence-corrected chi connectivity index (χ0v) is 10.3. The number of carbonyl (C=O) groups excluding carboxylic acids is 1. The molecule has 1 heterocycles. The SMILES string of the molecule is CC(=O)OOc1cccs1.[H-].[K+]. The van der Waals surface area contributed by atoms with Crippen LogP contribution in [-0.4, -0.2) is 5.97 Å². The van der Waals surface area contributed by atoms with Crippen LogP contribution in [0.25, 0.3) is 0 Å². The predicted octanol–water partition coefficient (Wildman–Crippen LogP) is -1.28. The molecule has 0 amide bonds. The minimum Gasteiger partial charge on any atom is -1.00 e. The van der Waals surface area contributed by atoms with Crippen LogP contribution in [0, 0.1) is 0 Å². The van der Waals surface area contributed by atoms with Gasteiger partial charge >= 0.3 is 57.4 Å². The van der Waals surface area contributed by atoms with Crippen molar-refractivity contribution in [2.75, 3.05) is 0 Å². The molecule has 0 bridgehead atoms. The molecule has 0 aliphatic heterocycles. The van der Waals surface area contributed by atoms with Gasteiger partial charge in [-0.05, 0) is 17.5 Å². The van der Waals surface area contributed by atoms with Gasteiger partial charge in [0.25, 0.3) is 0 Å². The molecule has 1 aromatic heterocycles. The van der Waals surface area contributed by atoms with E-state index >= 15 is 0 Å². The molecular formula is C6H7KO3S. The normalized spacial score (nSPS) is 8.09. The molecule has 0 aromatic carbocycles. The van der Waals surface area contributed by atoms with Crippen molar-refractivity contribution in [3.8, 4) is 5.06 Å². The first kappa shape index (κ1) is 11.6. The van der Waals surface area contributed by atoms with E-state index in [-0.39, 0.29) is 52.8 Å². The van der Waals surface area contributed by atoms with Crippen LogP contribution < -0.4 is 56.3 Å². The molecule has 0 atom stereocenters. The fourth-order valence-corrected chi connectivity index (χ4v) is 0.932. The van der Waals surface area contributed by atoms with Crippen molar-refractivity contribution >= 4 is 17.3 Å². The summed E-state index contributed by atoms with van der Waals surface area (Å²) >= 11 is 1.37. The van der Waals surface area contributed by atoms with E-state index in [9.17, 15) is 4.79 Å². The van der Waals surface area contributed by atoms with Gasteiger partial charge in [-0.1, -0.05) is 0 Å². The molecule has 0 fully saturated rings. The van der Waals surface area contributed by atoms with E-state index in [4.69, 9.17) is 0 Å². The molecule has 0 spiro atoms. The Bertz CT molecular complexity index is 215. The molecule has 56 valence electrons. The molecule has 0 unspecified atom stereocenters. The van der Waals surface area contributed by atoms with Crippen molar-refractivity contribution < 1.29 is 67.4 Å². The Labute approximate surface area is 113 Å². The third-order valence-corrected chi connectivity index (χ3v) is 1.47. The van der Waals surface area contributed by atoms with Crippen LogP contribution in [0.3, 0.4) is 0 Å². The first-order valence-corrected chi connectivity index (χ1v) is 3.55. The van der Waals surface area contributed by atoms with E-state index in [1.807, 2.05) is 11.4 Å². The van der Waals surface area contributed by atoms with Gasteiger partial charge in [0.2, 0.25) is 5.06 Å². The summed E-state index contributed by atoms with van der Waals surface area (Å²) in [4.78, 5) is 19.0. The molecule has 0 saturated heterocycles. The Hall–Kier alpha value is 0.606. The van der Waals surface area contributed by atoms with E-state index in [0.29, 0.717) is 5.06 Å². The molecule has 5 heteroatoms. The minimum absolute atomic E-state index is 0. The van der Waals surface area contributed by atoms with Crippen molar-refractivity contribution in [1.82, 2.24) is 0 Å². The quantitative estimate of drug-likeness (QED) is 0.337. The number of rotatable bonds is 2. The monoisotopic (exact) mass is 198 g/mol. The fourth-order valence-electron chi connectivity index (χ4n) is 0.411. The van der Waals surface area contributed by atoms with Gasteiger partial charge in [-0.3, -0.25) is 4.89 Å². The summed E-state index contributed by atoms with van der Waals surface area (Å²) in [5, 5.41) is 2.41. The van der Waals surface area contributed by atoms with Crippen LogP contribution >= 0.6 is 11.3 Å². The Morgan fingerprint density at radius 1 is 1.73 bits per heavy atom. The second kappa shape index (κ2) is 6.16. The predicted molar refractivity (Wildman–Crippen MR) is 37.8 cm³/mol. The Kier molecular flexibility index (Phi) is 6.50. The molecule has 3 nitrogen and oxygen atoms in total. The van der Waals surface area contributed by atoms with Crippen molar-refractivity contribution in [2.45, 2.75) is 6.92 Å². The molecule has 0 aliphatic rings. The molecule has 0 N–H and O–H groups in total. The van der Waals surface area contributed by atoms with E-state index in [1.165, 1.54) is 18.3 Å². The van der Waals surface area contributed by atoms with E-state index in [0.717, 1.165) is 0 Å². The van der Waals surface area contributed by atoms with Crippen LogP contribution in [0.5, 0.6) is 5.06 Å². The molecule has 11 heavy (non-hydrogen) atoms. The third kappa shape index (κ3) is 4.94. The van der Waals surface area contributed by atoms with Crippen molar-refractivity contribution in [2.24, 2.45) is 0 Å². The smallest absolute Gasteiger partial charge is 1.00 e. The summed E-state index contributed by atoms with van der Waals surface area (Å²) in [5.41, 5.74) is 0. The van der Waals surface area contributed by atoms with Crippen LogP contribution in [0.1, 0.15) is 8.35 Å². The van der Waals surface area contributed by atoms with Gasteiger partial charge < -0.3 is 1.43 Å². The molecule has 0 aliphatic carbocycles. The van der Waals surface area contributed by atoms with Crippen LogP contribution in [0.2, 0.25) is 0 Å². The number of hydrogen-bond donors (Lipinski definition) is 0. The van der Waals surface area contributed by atoms with Gasteiger partial charge in [-0.25, -0.2) is 9.68 Å². The third-order valence-electron chi connectivity index (χ3n) is 0.736. The number of carbonyl (C=O) groups is 1. The molecule has 0 saturated carbocycles. The topological polar surface area (TPSA) is 35.5 Å². The maximum atomic E-state index is 10.2. The largest absolute Gasteiger partial charge is 1.00 e. The summed E-state index contributed by atoms with van der Waals surface area (Å²) in [6, 6.07) is 3.52. The summed E-state index contributed by atoms with van der Waals surface area (Å²) in [6.45, 7) is 1.29. The zero-order chi connectivity index (χ0) is 7.40. The first-order valence-electron chi connectivity index (χ1n) is 2.67. The van der Waals surface area contributed by atoms with E-state index in [2.05, 4.69) is 9.78 Å². The molecular weight excluding hydrogens is 191 g/mol. The van der Waals surface area contributed by atoms with Gasteiger partial charge in [0.1, 0.15) is 0 Å².